The molecular weight excluding hydrogens is 284 g/mol. The van der Waals surface area contributed by atoms with E-state index >= 15 is 0 Å². The SMILES string of the molecule is O=[N+]([O-])c1ccc(Cc2ccccc2Cl)c([N+](=O)[O-])c1. The molecule has 2 aromatic rings. The predicted octanol–water partition coefficient (Wildman–Crippen LogP) is 3.75. The summed E-state index contributed by atoms with van der Waals surface area (Å²) in [7, 11) is 0. The molecule has 0 radical (unpaired) electrons. The minimum absolute atomic E-state index is 0.244. The lowest BCUT2D eigenvalue weighted by Crippen LogP contribution is -1.99. The van der Waals surface area contributed by atoms with Crippen LogP contribution in [0.3, 0.4) is 0 Å². The Labute approximate surface area is 118 Å². The molecule has 0 unspecified atom stereocenters. The second kappa shape index (κ2) is 5.66. The Hall–Kier alpha value is -2.47. The van der Waals surface area contributed by atoms with Gasteiger partial charge in [-0.2, -0.15) is 0 Å². The molecule has 0 aliphatic heterocycles. The second-order valence-electron chi connectivity index (χ2n) is 4.10. The average molecular weight is 293 g/mol. The molecule has 0 spiro atoms. The highest BCUT2D eigenvalue weighted by Crippen LogP contribution is 2.28. The van der Waals surface area contributed by atoms with Gasteiger partial charge in [-0.1, -0.05) is 29.8 Å². The predicted molar refractivity (Wildman–Crippen MR) is 74.0 cm³/mol. The van der Waals surface area contributed by atoms with Crippen LogP contribution in [0.15, 0.2) is 42.5 Å². The van der Waals surface area contributed by atoms with Crippen molar-refractivity contribution in [1.82, 2.24) is 0 Å². The van der Waals surface area contributed by atoms with Crippen LogP contribution >= 0.6 is 11.6 Å². The third-order valence-electron chi connectivity index (χ3n) is 2.82. The Morgan fingerprint density at radius 3 is 2.25 bits per heavy atom. The zero-order chi connectivity index (χ0) is 14.7. The minimum Gasteiger partial charge on any atom is -0.258 e. The molecule has 6 nitrogen and oxygen atoms in total. The molecule has 0 saturated carbocycles. The summed E-state index contributed by atoms with van der Waals surface area (Å²) in [4.78, 5) is 20.4. The van der Waals surface area contributed by atoms with Crippen LogP contribution in [-0.4, -0.2) is 9.85 Å². The van der Waals surface area contributed by atoms with Crippen LogP contribution < -0.4 is 0 Å². The quantitative estimate of drug-likeness (QED) is 0.634. The number of nitrogens with zero attached hydrogens (tertiary/aromatic N) is 2. The van der Waals surface area contributed by atoms with Crippen molar-refractivity contribution in [3.63, 3.8) is 0 Å². The number of nitro groups is 2. The van der Waals surface area contributed by atoms with Crippen LogP contribution in [0.5, 0.6) is 0 Å². The van der Waals surface area contributed by atoms with Gasteiger partial charge in [-0.05, 0) is 17.7 Å². The van der Waals surface area contributed by atoms with Gasteiger partial charge in [0.25, 0.3) is 11.4 Å². The van der Waals surface area contributed by atoms with E-state index in [1.165, 1.54) is 12.1 Å². The van der Waals surface area contributed by atoms with Crippen molar-refractivity contribution in [2.75, 3.05) is 0 Å². The fraction of sp³-hybridized carbons (Fsp3) is 0.0769. The first-order valence-corrected chi connectivity index (χ1v) is 6.02. The van der Waals surface area contributed by atoms with E-state index < -0.39 is 9.85 Å². The molecule has 0 heterocycles. The van der Waals surface area contributed by atoms with Crippen molar-refractivity contribution in [3.05, 3.63) is 78.8 Å². The van der Waals surface area contributed by atoms with E-state index in [1.54, 1.807) is 24.3 Å². The Kier molecular flexibility index (Phi) is 3.95. The summed E-state index contributed by atoms with van der Waals surface area (Å²) >= 11 is 6.01. The Bertz CT molecular complexity index is 688. The highest BCUT2D eigenvalue weighted by atomic mass is 35.5. The number of non-ortho nitro benzene ring substituents is 1. The van der Waals surface area contributed by atoms with Crippen molar-refractivity contribution in [2.24, 2.45) is 0 Å². The monoisotopic (exact) mass is 292 g/mol. The lowest BCUT2D eigenvalue weighted by Gasteiger charge is -2.05. The maximum absolute atomic E-state index is 11.0. The lowest BCUT2D eigenvalue weighted by atomic mass is 10.0. The molecule has 0 aliphatic carbocycles. The van der Waals surface area contributed by atoms with Gasteiger partial charge in [0, 0.05) is 23.1 Å². The Morgan fingerprint density at radius 1 is 0.950 bits per heavy atom. The number of hydrogen-bond donors (Lipinski definition) is 0. The van der Waals surface area contributed by atoms with Crippen molar-refractivity contribution in [3.8, 4) is 0 Å². The average Bonchev–Trinajstić information content (AvgIpc) is 2.41. The van der Waals surface area contributed by atoms with Gasteiger partial charge in [0.2, 0.25) is 0 Å². The first-order valence-electron chi connectivity index (χ1n) is 5.64. The highest BCUT2D eigenvalue weighted by molar-refractivity contribution is 6.31. The number of nitro benzene ring substituents is 2. The zero-order valence-corrected chi connectivity index (χ0v) is 10.9. The molecule has 2 rings (SSSR count). The van der Waals surface area contributed by atoms with Gasteiger partial charge in [0.1, 0.15) is 0 Å². The summed E-state index contributed by atoms with van der Waals surface area (Å²) < 4.78 is 0. The van der Waals surface area contributed by atoms with E-state index in [0.717, 1.165) is 11.6 Å². The molecule has 0 N–H and O–H groups in total. The van der Waals surface area contributed by atoms with Gasteiger partial charge in [-0.15, -0.1) is 0 Å². The maximum atomic E-state index is 11.0. The van der Waals surface area contributed by atoms with Crippen molar-refractivity contribution < 1.29 is 9.85 Å². The lowest BCUT2D eigenvalue weighted by molar-refractivity contribution is -0.394. The first kappa shape index (κ1) is 14.0. The minimum atomic E-state index is -0.660. The molecule has 2 aromatic carbocycles. The molecule has 20 heavy (non-hydrogen) atoms. The van der Waals surface area contributed by atoms with Crippen molar-refractivity contribution in [2.45, 2.75) is 6.42 Å². The van der Waals surface area contributed by atoms with E-state index in [2.05, 4.69) is 0 Å². The number of rotatable bonds is 4. The third kappa shape index (κ3) is 2.92. The van der Waals surface area contributed by atoms with E-state index in [1.807, 2.05) is 0 Å². The van der Waals surface area contributed by atoms with Gasteiger partial charge in [0.05, 0.1) is 15.9 Å². The summed E-state index contributed by atoms with van der Waals surface area (Å²) in [5.74, 6) is 0. The van der Waals surface area contributed by atoms with E-state index in [4.69, 9.17) is 11.6 Å². The molecule has 0 aromatic heterocycles. The summed E-state index contributed by atoms with van der Waals surface area (Å²) in [6.07, 6.45) is 0.244. The molecule has 0 saturated heterocycles. The van der Waals surface area contributed by atoms with Gasteiger partial charge >= 0.3 is 0 Å². The van der Waals surface area contributed by atoms with E-state index in [0.29, 0.717) is 10.6 Å². The largest absolute Gasteiger partial charge is 0.279 e. The summed E-state index contributed by atoms with van der Waals surface area (Å²) in [6.45, 7) is 0. The topological polar surface area (TPSA) is 86.3 Å². The molecular formula is C13H9ClN2O4. The molecule has 0 amide bonds. The van der Waals surface area contributed by atoms with Crippen LogP contribution in [0.1, 0.15) is 11.1 Å². The molecule has 0 atom stereocenters. The van der Waals surface area contributed by atoms with Crippen LogP contribution in [0.25, 0.3) is 0 Å². The standard InChI is InChI=1S/C13H9ClN2O4/c14-12-4-2-1-3-9(12)7-10-5-6-11(15(17)18)8-13(10)16(19)20/h1-6,8H,7H2. The Morgan fingerprint density at radius 2 is 1.65 bits per heavy atom. The van der Waals surface area contributed by atoms with Crippen LogP contribution in [0, 0.1) is 20.2 Å². The number of halogens is 1. The maximum Gasteiger partial charge on any atom is 0.279 e. The van der Waals surface area contributed by atoms with Gasteiger partial charge in [-0.3, -0.25) is 20.2 Å². The summed E-state index contributed by atoms with van der Waals surface area (Å²) in [5.41, 5.74) is 0.526. The molecule has 7 heteroatoms. The molecule has 0 bridgehead atoms. The van der Waals surface area contributed by atoms with Crippen LogP contribution in [-0.2, 0) is 6.42 Å². The molecule has 0 aliphatic rings. The summed E-state index contributed by atoms with van der Waals surface area (Å²) in [5, 5.41) is 22.2. The van der Waals surface area contributed by atoms with Gasteiger partial charge in [-0.25, -0.2) is 0 Å². The third-order valence-corrected chi connectivity index (χ3v) is 3.18. The fourth-order valence-corrected chi connectivity index (χ4v) is 2.03. The van der Waals surface area contributed by atoms with Crippen molar-refractivity contribution >= 4 is 23.0 Å². The zero-order valence-electron chi connectivity index (χ0n) is 10.2. The molecule has 0 fully saturated rings. The van der Waals surface area contributed by atoms with Crippen LogP contribution in [0.4, 0.5) is 11.4 Å². The fourth-order valence-electron chi connectivity index (χ4n) is 1.83. The smallest absolute Gasteiger partial charge is 0.258 e. The van der Waals surface area contributed by atoms with E-state index in [-0.39, 0.29) is 17.8 Å². The Balaban J connectivity index is 2.44. The van der Waals surface area contributed by atoms with Crippen LogP contribution in [0.2, 0.25) is 5.02 Å². The number of benzene rings is 2. The second-order valence-corrected chi connectivity index (χ2v) is 4.50. The molecule has 102 valence electrons. The van der Waals surface area contributed by atoms with Gasteiger partial charge < -0.3 is 0 Å². The summed E-state index contributed by atoms with van der Waals surface area (Å²) in [6, 6.07) is 10.6. The highest BCUT2D eigenvalue weighted by Gasteiger charge is 2.19. The van der Waals surface area contributed by atoms with E-state index in [9.17, 15) is 20.2 Å². The normalized spacial score (nSPS) is 10.2. The van der Waals surface area contributed by atoms with Gasteiger partial charge in [0.15, 0.2) is 0 Å². The number of hydrogen-bond acceptors (Lipinski definition) is 4. The first-order chi connectivity index (χ1) is 9.49. The van der Waals surface area contributed by atoms with Crippen molar-refractivity contribution in [1.29, 1.82) is 0 Å².